The second-order valence-electron chi connectivity index (χ2n) is 7.23. The Hall–Kier alpha value is -2.86. The van der Waals surface area contributed by atoms with Crippen LogP contribution in [0.4, 0.5) is 0 Å². The zero-order valence-corrected chi connectivity index (χ0v) is 15.4. The predicted octanol–water partition coefficient (Wildman–Crippen LogP) is 2.69. The average molecular weight is 364 g/mol. The lowest BCUT2D eigenvalue weighted by Crippen LogP contribution is -2.38. The van der Waals surface area contributed by atoms with Gasteiger partial charge in [-0.05, 0) is 55.5 Å². The number of carbonyl (C=O) groups is 1. The molecule has 27 heavy (non-hydrogen) atoms. The number of aromatic nitrogens is 2. The van der Waals surface area contributed by atoms with Crippen LogP contribution < -0.4 is 15.8 Å². The summed E-state index contributed by atoms with van der Waals surface area (Å²) in [6, 6.07) is 11.2. The summed E-state index contributed by atoms with van der Waals surface area (Å²) >= 11 is 0. The van der Waals surface area contributed by atoms with Crippen molar-refractivity contribution in [2.75, 3.05) is 6.54 Å². The molecule has 3 N–H and O–H groups in total. The minimum Gasteiger partial charge on any atom is -0.487 e. The predicted molar refractivity (Wildman–Crippen MR) is 104 cm³/mol. The smallest absolute Gasteiger partial charge is 0.251 e. The fraction of sp³-hybridized carbons (Fsp3) is 0.333. The molecule has 1 amide bonds. The molecule has 2 aromatic heterocycles. The Labute approximate surface area is 158 Å². The molecule has 1 fully saturated rings. The van der Waals surface area contributed by atoms with Crippen molar-refractivity contribution in [3.63, 3.8) is 0 Å². The Kier molecular flexibility index (Phi) is 4.81. The molecule has 0 bridgehead atoms. The van der Waals surface area contributed by atoms with Gasteiger partial charge in [0.25, 0.3) is 5.91 Å². The van der Waals surface area contributed by atoms with E-state index in [1.54, 1.807) is 12.1 Å². The van der Waals surface area contributed by atoms with Crippen molar-refractivity contribution >= 4 is 11.6 Å². The zero-order valence-electron chi connectivity index (χ0n) is 15.4. The van der Waals surface area contributed by atoms with Crippen LogP contribution in [0.2, 0.25) is 0 Å². The molecule has 6 nitrogen and oxygen atoms in total. The van der Waals surface area contributed by atoms with Gasteiger partial charge in [0.1, 0.15) is 18.0 Å². The monoisotopic (exact) mass is 364 g/mol. The van der Waals surface area contributed by atoms with Crippen LogP contribution >= 0.6 is 0 Å². The number of hydrogen-bond donors (Lipinski definition) is 2. The lowest BCUT2D eigenvalue weighted by Gasteiger charge is -2.12. The summed E-state index contributed by atoms with van der Waals surface area (Å²) in [5.74, 6) is 1.08. The molecule has 2 heterocycles. The number of aryl methyl sites for hydroxylation is 1. The highest BCUT2D eigenvalue weighted by molar-refractivity contribution is 5.94. The number of ether oxygens (including phenoxy) is 1. The van der Waals surface area contributed by atoms with Gasteiger partial charge in [0.05, 0.1) is 5.69 Å². The molecular weight excluding hydrogens is 340 g/mol. The summed E-state index contributed by atoms with van der Waals surface area (Å²) in [6.07, 6.45) is 6.33. The standard InChI is InChI=1S/C21H24N4O2/c1-14-5-8-20-24-17(12-25(20)11-14)13-27-18-4-2-3-16(9-18)21(26)23-10-19(22)15-6-7-15/h2-5,8-9,11-12,15,19H,6-7,10,13,22H2,1H3,(H,23,26). The molecule has 4 rings (SSSR count). The first-order chi connectivity index (χ1) is 13.1. The van der Waals surface area contributed by atoms with E-state index in [9.17, 15) is 4.79 Å². The molecule has 1 atom stereocenters. The number of fused-ring (bicyclic) bond motifs is 1. The normalized spacial score (nSPS) is 14.9. The molecular formula is C21H24N4O2. The second kappa shape index (κ2) is 7.40. The summed E-state index contributed by atoms with van der Waals surface area (Å²) in [6.45, 7) is 2.90. The van der Waals surface area contributed by atoms with Crippen molar-refractivity contribution in [2.45, 2.75) is 32.4 Å². The summed E-state index contributed by atoms with van der Waals surface area (Å²) < 4.78 is 7.82. The number of rotatable bonds is 7. The molecule has 140 valence electrons. The lowest BCUT2D eigenvalue weighted by molar-refractivity contribution is 0.0950. The minimum atomic E-state index is -0.125. The zero-order chi connectivity index (χ0) is 18.8. The number of imidazole rings is 1. The molecule has 1 aliphatic carbocycles. The number of amides is 1. The topological polar surface area (TPSA) is 81.6 Å². The number of nitrogens with one attached hydrogen (secondary N) is 1. The van der Waals surface area contributed by atoms with E-state index in [0.29, 0.717) is 30.4 Å². The molecule has 1 saturated carbocycles. The van der Waals surface area contributed by atoms with Crippen molar-refractivity contribution in [3.8, 4) is 5.75 Å². The lowest BCUT2D eigenvalue weighted by atomic mass is 10.1. The van der Waals surface area contributed by atoms with Gasteiger partial charge < -0.3 is 20.2 Å². The van der Waals surface area contributed by atoms with Crippen LogP contribution in [0.15, 0.2) is 48.8 Å². The Morgan fingerprint density at radius 3 is 3.00 bits per heavy atom. The molecule has 0 aliphatic heterocycles. The average Bonchev–Trinajstić information content (AvgIpc) is 3.45. The highest BCUT2D eigenvalue weighted by Crippen LogP contribution is 2.31. The molecule has 1 aliphatic rings. The van der Waals surface area contributed by atoms with Crippen LogP contribution in [-0.4, -0.2) is 27.9 Å². The van der Waals surface area contributed by atoms with E-state index >= 15 is 0 Å². The summed E-state index contributed by atoms with van der Waals surface area (Å²) in [5.41, 5.74) is 9.51. The first kappa shape index (κ1) is 17.5. The molecule has 1 unspecified atom stereocenters. The van der Waals surface area contributed by atoms with Crippen LogP contribution in [0, 0.1) is 12.8 Å². The number of nitrogens with zero attached hydrogens (tertiary/aromatic N) is 2. The van der Waals surface area contributed by atoms with Crippen LogP contribution in [0.1, 0.15) is 34.5 Å². The number of nitrogens with two attached hydrogens (primary N) is 1. The Balaban J connectivity index is 1.37. The first-order valence-electron chi connectivity index (χ1n) is 9.29. The number of pyridine rings is 1. The molecule has 3 aromatic rings. The summed E-state index contributed by atoms with van der Waals surface area (Å²) in [7, 11) is 0. The van der Waals surface area contributed by atoms with Gasteiger partial charge >= 0.3 is 0 Å². The molecule has 6 heteroatoms. The van der Waals surface area contributed by atoms with Gasteiger partial charge in [0.2, 0.25) is 0 Å². The number of hydrogen-bond acceptors (Lipinski definition) is 4. The van der Waals surface area contributed by atoms with E-state index in [1.165, 1.54) is 18.4 Å². The van der Waals surface area contributed by atoms with Gasteiger partial charge in [-0.15, -0.1) is 0 Å². The van der Waals surface area contributed by atoms with Crippen molar-refractivity contribution in [1.82, 2.24) is 14.7 Å². The molecule has 0 spiro atoms. The van der Waals surface area contributed by atoms with Crippen molar-refractivity contribution < 1.29 is 9.53 Å². The van der Waals surface area contributed by atoms with Gasteiger partial charge in [0.15, 0.2) is 0 Å². The maximum Gasteiger partial charge on any atom is 0.251 e. The van der Waals surface area contributed by atoms with Crippen molar-refractivity contribution in [1.29, 1.82) is 0 Å². The van der Waals surface area contributed by atoms with Gasteiger partial charge in [-0.3, -0.25) is 4.79 Å². The highest BCUT2D eigenvalue weighted by atomic mass is 16.5. The van der Waals surface area contributed by atoms with E-state index in [0.717, 1.165) is 11.3 Å². The third kappa shape index (κ3) is 4.28. The highest BCUT2D eigenvalue weighted by Gasteiger charge is 2.28. The third-order valence-corrected chi connectivity index (χ3v) is 4.86. The molecule has 1 aromatic carbocycles. The van der Waals surface area contributed by atoms with Crippen molar-refractivity contribution in [2.24, 2.45) is 11.7 Å². The SMILES string of the molecule is Cc1ccc2nc(COc3cccc(C(=O)NCC(N)C4CC4)c3)cn2c1. The molecule has 0 saturated heterocycles. The fourth-order valence-electron chi connectivity index (χ4n) is 3.11. The van der Waals surface area contributed by atoms with E-state index in [4.69, 9.17) is 10.5 Å². The van der Waals surface area contributed by atoms with Crippen LogP contribution in [0.3, 0.4) is 0 Å². The maximum absolute atomic E-state index is 12.3. The van der Waals surface area contributed by atoms with Crippen LogP contribution in [0.5, 0.6) is 5.75 Å². The van der Waals surface area contributed by atoms with Gasteiger partial charge in [-0.25, -0.2) is 4.98 Å². The van der Waals surface area contributed by atoms with Crippen LogP contribution in [-0.2, 0) is 6.61 Å². The quantitative estimate of drug-likeness (QED) is 0.675. The Bertz CT molecular complexity index is 962. The summed E-state index contributed by atoms with van der Waals surface area (Å²) in [5, 5.41) is 2.91. The van der Waals surface area contributed by atoms with E-state index in [-0.39, 0.29) is 11.9 Å². The van der Waals surface area contributed by atoms with E-state index in [2.05, 4.69) is 10.3 Å². The minimum absolute atomic E-state index is 0.0482. The van der Waals surface area contributed by atoms with E-state index in [1.807, 2.05) is 48.0 Å². The van der Waals surface area contributed by atoms with Gasteiger partial charge in [-0.2, -0.15) is 0 Å². The number of carbonyl (C=O) groups excluding carboxylic acids is 1. The number of benzene rings is 1. The van der Waals surface area contributed by atoms with Crippen LogP contribution in [0.25, 0.3) is 5.65 Å². The fourth-order valence-corrected chi connectivity index (χ4v) is 3.11. The largest absolute Gasteiger partial charge is 0.487 e. The molecule has 0 radical (unpaired) electrons. The Morgan fingerprint density at radius 1 is 1.33 bits per heavy atom. The van der Waals surface area contributed by atoms with E-state index < -0.39 is 0 Å². The summed E-state index contributed by atoms with van der Waals surface area (Å²) in [4.78, 5) is 16.9. The second-order valence-corrected chi connectivity index (χ2v) is 7.23. The third-order valence-electron chi connectivity index (χ3n) is 4.86. The Morgan fingerprint density at radius 2 is 2.19 bits per heavy atom. The van der Waals surface area contributed by atoms with Gasteiger partial charge in [-0.1, -0.05) is 12.1 Å². The van der Waals surface area contributed by atoms with Crippen molar-refractivity contribution in [3.05, 3.63) is 65.6 Å². The van der Waals surface area contributed by atoms with Gasteiger partial charge in [0, 0.05) is 30.5 Å². The first-order valence-corrected chi connectivity index (χ1v) is 9.29. The maximum atomic E-state index is 12.3.